The van der Waals surface area contributed by atoms with Crippen molar-refractivity contribution in [3.63, 3.8) is 0 Å². The molecule has 138 valence electrons. The van der Waals surface area contributed by atoms with Crippen molar-refractivity contribution < 1.29 is 4.79 Å². The normalized spacial score (nSPS) is 15.8. The first-order valence-electron chi connectivity index (χ1n) is 9.14. The number of carbonyl (C=O) groups is 1. The van der Waals surface area contributed by atoms with E-state index in [4.69, 9.17) is 0 Å². The molecule has 5 heteroatoms. The molecule has 1 aromatic carbocycles. The Balaban J connectivity index is 1.62. The summed E-state index contributed by atoms with van der Waals surface area (Å²) in [6.45, 7) is 10.6. The number of hydrogen-bond donors (Lipinski definition) is 1. The summed E-state index contributed by atoms with van der Waals surface area (Å²) in [5.74, 6) is 0.443. The first-order chi connectivity index (χ1) is 12.3. The molecule has 1 N–H and O–H groups in total. The Morgan fingerprint density at radius 2 is 1.65 bits per heavy atom. The van der Waals surface area contributed by atoms with Crippen LogP contribution in [-0.2, 0) is 5.41 Å². The fraction of sp³-hybridized carbons (Fsp3) is 0.429. The lowest BCUT2D eigenvalue weighted by Gasteiger charge is -2.33. The number of nitrogens with zero attached hydrogens (tertiary/aromatic N) is 3. The second-order valence-corrected chi connectivity index (χ2v) is 7.97. The quantitative estimate of drug-likeness (QED) is 0.920. The van der Waals surface area contributed by atoms with Crippen LogP contribution in [0.25, 0.3) is 0 Å². The van der Waals surface area contributed by atoms with Gasteiger partial charge in [-0.2, -0.15) is 0 Å². The van der Waals surface area contributed by atoms with Crippen molar-refractivity contribution in [3.05, 3.63) is 53.7 Å². The lowest BCUT2D eigenvalue weighted by atomic mass is 9.87. The van der Waals surface area contributed by atoms with Crippen molar-refractivity contribution in [1.29, 1.82) is 0 Å². The van der Waals surface area contributed by atoms with E-state index in [2.05, 4.69) is 47.9 Å². The Morgan fingerprint density at radius 3 is 2.19 bits per heavy atom. The number of likely N-dealkylation sites (N-methyl/N-ethyl adjacent to an activating group) is 1. The number of carbonyl (C=O) groups excluding carboxylic acids is 1. The number of nitrogens with one attached hydrogen (secondary N) is 1. The minimum atomic E-state index is -0.134. The van der Waals surface area contributed by atoms with E-state index in [9.17, 15) is 4.79 Å². The van der Waals surface area contributed by atoms with E-state index in [1.54, 1.807) is 0 Å². The van der Waals surface area contributed by atoms with E-state index in [1.807, 2.05) is 42.6 Å². The highest BCUT2D eigenvalue weighted by Gasteiger charge is 2.16. The molecule has 1 aromatic heterocycles. The van der Waals surface area contributed by atoms with E-state index in [-0.39, 0.29) is 11.3 Å². The predicted octanol–water partition coefficient (Wildman–Crippen LogP) is 3.38. The summed E-state index contributed by atoms with van der Waals surface area (Å²) in [6, 6.07) is 11.7. The SMILES string of the molecule is CN1CCN(c2ccc(NC(=O)c3ccc(C(C)(C)C)cc3)nc2)CC1. The van der Waals surface area contributed by atoms with Crippen molar-refractivity contribution in [1.82, 2.24) is 9.88 Å². The van der Waals surface area contributed by atoms with Gasteiger partial charge in [0.1, 0.15) is 5.82 Å². The molecule has 0 unspecified atom stereocenters. The Hall–Kier alpha value is -2.40. The monoisotopic (exact) mass is 352 g/mol. The van der Waals surface area contributed by atoms with Gasteiger partial charge in [-0.05, 0) is 42.3 Å². The summed E-state index contributed by atoms with van der Waals surface area (Å²) in [5, 5.41) is 2.88. The number of aromatic nitrogens is 1. The molecular weight excluding hydrogens is 324 g/mol. The Bertz CT molecular complexity index is 739. The van der Waals surface area contributed by atoms with E-state index in [0.717, 1.165) is 31.9 Å². The zero-order valence-corrected chi connectivity index (χ0v) is 16.1. The largest absolute Gasteiger partial charge is 0.368 e. The van der Waals surface area contributed by atoms with Gasteiger partial charge >= 0.3 is 0 Å². The van der Waals surface area contributed by atoms with Crippen LogP contribution in [0, 0.1) is 0 Å². The molecule has 1 aliphatic rings. The third-order valence-electron chi connectivity index (χ3n) is 4.87. The second-order valence-electron chi connectivity index (χ2n) is 7.97. The highest BCUT2D eigenvalue weighted by Crippen LogP contribution is 2.22. The van der Waals surface area contributed by atoms with Gasteiger partial charge in [0.05, 0.1) is 11.9 Å². The van der Waals surface area contributed by atoms with Gasteiger partial charge in [0.15, 0.2) is 0 Å². The molecule has 2 heterocycles. The fourth-order valence-electron chi connectivity index (χ4n) is 3.02. The lowest BCUT2D eigenvalue weighted by Crippen LogP contribution is -2.44. The van der Waals surface area contributed by atoms with Crippen molar-refractivity contribution in [3.8, 4) is 0 Å². The van der Waals surface area contributed by atoms with E-state index in [0.29, 0.717) is 11.4 Å². The van der Waals surface area contributed by atoms with Crippen LogP contribution in [0.4, 0.5) is 11.5 Å². The third kappa shape index (κ3) is 4.41. The van der Waals surface area contributed by atoms with Crippen LogP contribution >= 0.6 is 0 Å². The zero-order chi connectivity index (χ0) is 18.7. The number of hydrogen-bond acceptors (Lipinski definition) is 4. The van der Waals surface area contributed by atoms with Crippen LogP contribution in [0.5, 0.6) is 0 Å². The standard InChI is InChI=1S/C21H28N4O/c1-21(2,3)17-7-5-16(6-8-17)20(26)23-19-10-9-18(15-22-19)25-13-11-24(4)12-14-25/h5-10,15H,11-14H2,1-4H3,(H,22,23,26). The van der Waals surface area contributed by atoms with Crippen LogP contribution < -0.4 is 10.2 Å². The molecule has 1 fully saturated rings. The number of amides is 1. The summed E-state index contributed by atoms with van der Waals surface area (Å²) in [4.78, 5) is 21.5. The molecule has 0 radical (unpaired) electrons. The molecular formula is C21H28N4O. The van der Waals surface area contributed by atoms with Gasteiger partial charge in [-0.25, -0.2) is 4.98 Å². The van der Waals surface area contributed by atoms with Crippen molar-refractivity contribution in [2.24, 2.45) is 0 Å². The first kappa shape index (κ1) is 18.4. The van der Waals surface area contributed by atoms with Gasteiger partial charge < -0.3 is 15.1 Å². The smallest absolute Gasteiger partial charge is 0.256 e. The maximum Gasteiger partial charge on any atom is 0.256 e. The summed E-state index contributed by atoms with van der Waals surface area (Å²) >= 11 is 0. The number of anilines is 2. The van der Waals surface area contributed by atoms with Crippen LogP contribution in [0.3, 0.4) is 0 Å². The lowest BCUT2D eigenvalue weighted by molar-refractivity contribution is 0.102. The van der Waals surface area contributed by atoms with Gasteiger partial charge in [0.2, 0.25) is 0 Å². The van der Waals surface area contributed by atoms with Gasteiger partial charge in [0, 0.05) is 31.7 Å². The maximum atomic E-state index is 12.4. The van der Waals surface area contributed by atoms with Crippen LogP contribution in [-0.4, -0.2) is 49.0 Å². The molecule has 2 aromatic rings. The maximum absolute atomic E-state index is 12.4. The predicted molar refractivity (Wildman–Crippen MR) is 107 cm³/mol. The molecule has 0 bridgehead atoms. The number of rotatable bonds is 3. The molecule has 0 aliphatic carbocycles. The highest BCUT2D eigenvalue weighted by molar-refractivity contribution is 6.03. The molecule has 1 saturated heterocycles. The van der Waals surface area contributed by atoms with Crippen molar-refractivity contribution >= 4 is 17.4 Å². The number of pyridine rings is 1. The fourth-order valence-corrected chi connectivity index (χ4v) is 3.02. The topological polar surface area (TPSA) is 48.5 Å². The molecule has 0 saturated carbocycles. The molecule has 1 aliphatic heterocycles. The highest BCUT2D eigenvalue weighted by atomic mass is 16.1. The van der Waals surface area contributed by atoms with Gasteiger partial charge in [-0.1, -0.05) is 32.9 Å². The van der Waals surface area contributed by atoms with E-state index < -0.39 is 0 Å². The van der Waals surface area contributed by atoms with Gasteiger partial charge in [-0.15, -0.1) is 0 Å². The minimum absolute atomic E-state index is 0.0790. The van der Waals surface area contributed by atoms with Crippen LogP contribution in [0.1, 0.15) is 36.7 Å². The minimum Gasteiger partial charge on any atom is -0.368 e. The van der Waals surface area contributed by atoms with Crippen LogP contribution in [0.2, 0.25) is 0 Å². The summed E-state index contributed by atoms with van der Waals surface area (Å²) in [5.41, 5.74) is 3.03. The number of piperazine rings is 1. The molecule has 0 atom stereocenters. The Labute approximate surface area is 156 Å². The first-order valence-corrected chi connectivity index (χ1v) is 9.14. The molecule has 5 nitrogen and oxygen atoms in total. The summed E-state index contributed by atoms with van der Waals surface area (Å²) in [6.07, 6.45) is 1.84. The summed E-state index contributed by atoms with van der Waals surface area (Å²) < 4.78 is 0. The third-order valence-corrected chi connectivity index (χ3v) is 4.87. The number of benzene rings is 1. The second kappa shape index (κ2) is 7.46. The van der Waals surface area contributed by atoms with E-state index in [1.165, 1.54) is 5.56 Å². The molecule has 1 amide bonds. The summed E-state index contributed by atoms with van der Waals surface area (Å²) in [7, 11) is 2.14. The van der Waals surface area contributed by atoms with Gasteiger partial charge in [0.25, 0.3) is 5.91 Å². The molecule has 3 rings (SSSR count). The van der Waals surface area contributed by atoms with Crippen molar-refractivity contribution in [2.75, 3.05) is 43.4 Å². The average molecular weight is 352 g/mol. The van der Waals surface area contributed by atoms with E-state index >= 15 is 0 Å². The Kier molecular flexibility index (Phi) is 5.28. The van der Waals surface area contributed by atoms with Crippen molar-refractivity contribution in [2.45, 2.75) is 26.2 Å². The average Bonchev–Trinajstić information content (AvgIpc) is 2.62. The molecule has 0 spiro atoms. The van der Waals surface area contributed by atoms with Crippen LogP contribution in [0.15, 0.2) is 42.6 Å². The Morgan fingerprint density at radius 1 is 1.00 bits per heavy atom. The molecule has 26 heavy (non-hydrogen) atoms. The van der Waals surface area contributed by atoms with Gasteiger partial charge in [-0.3, -0.25) is 4.79 Å². The zero-order valence-electron chi connectivity index (χ0n) is 16.1.